The van der Waals surface area contributed by atoms with Crippen molar-refractivity contribution in [1.82, 2.24) is 24.6 Å². The molecule has 0 atom stereocenters. The molecule has 0 bridgehead atoms. The van der Waals surface area contributed by atoms with Gasteiger partial charge in [0.25, 0.3) is 0 Å². The molecular formula is C18H25N5O3. The molecule has 2 aliphatic heterocycles. The van der Waals surface area contributed by atoms with Crippen molar-refractivity contribution in [3.05, 3.63) is 30.1 Å². The maximum atomic E-state index is 12.5. The van der Waals surface area contributed by atoms with Crippen LogP contribution in [0.15, 0.2) is 24.5 Å². The highest BCUT2D eigenvalue weighted by Gasteiger charge is 2.33. The van der Waals surface area contributed by atoms with Gasteiger partial charge in [-0.1, -0.05) is 6.07 Å². The predicted molar refractivity (Wildman–Crippen MR) is 94.9 cm³/mol. The van der Waals surface area contributed by atoms with Crippen LogP contribution in [0.2, 0.25) is 0 Å². The van der Waals surface area contributed by atoms with Crippen LogP contribution < -0.4 is 0 Å². The molecule has 3 amide bonds. The van der Waals surface area contributed by atoms with Crippen molar-refractivity contribution in [3.8, 4) is 0 Å². The molecule has 3 heterocycles. The van der Waals surface area contributed by atoms with Crippen LogP contribution in [0.1, 0.15) is 12.5 Å². The van der Waals surface area contributed by atoms with Crippen LogP contribution in [0.3, 0.4) is 0 Å². The number of piperazine rings is 2. The Morgan fingerprint density at radius 1 is 1.04 bits per heavy atom. The van der Waals surface area contributed by atoms with Crippen molar-refractivity contribution >= 4 is 17.7 Å². The van der Waals surface area contributed by atoms with E-state index in [1.807, 2.05) is 25.3 Å². The summed E-state index contributed by atoms with van der Waals surface area (Å²) in [6, 6.07) is 3.97. The van der Waals surface area contributed by atoms with Gasteiger partial charge in [-0.05, 0) is 18.6 Å². The first-order valence-electron chi connectivity index (χ1n) is 9.05. The van der Waals surface area contributed by atoms with Gasteiger partial charge in [0.15, 0.2) is 0 Å². The fraction of sp³-hybridized carbons (Fsp3) is 0.556. The van der Waals surface area contributed by atoms with Crippen LogP contribution in [-0.4, -0.2) is 94.7 Å². The molecule has 1 aromatic heterocycles. The van der Waals surface area contributed by atoms with Crippen molar-refractivity contribution in [2.24, 2.45) is 0 Å². The molecule has 1 aromatic rings. The second kappa shape index (κ2) is 8.27. The Bertz CT molecular complexity index is 658. The van der Waals surface area contributed by atoms with E-state index in [-0.39, 0.29) is 12.5 Å². The van der Waals surface area contributed by atoms with Gasteiger partial charge in [0.2, 0.25) is 5.91 Å². The molecule has 2 fully saturated rings. The second-order valence-electron chi connectivity index (χ2n) is 6.63. The predicted octanol–water partition coefficient (Wildman–Crippen LogP) is -0.583. The third kappa shape index (κ3) is 4.19. The summed E-state index contributed by atoms with van der Waals surface area (Å²) in [5.41, 5.74) is 1.16. The second-order valence-corrected chi connectivity index (χ2v) is 6.63. The molecule has 2 saturated heterocycles. The summed E-state index contributed by atoms with van der Waals surface area (Å²) in [4.78, 5) is 47.7. The Hall–Kier alpha value is -2.48. The molecule has 8 nitrogen and oxygen atoms in total. The van der Waals surface area contributed by atoms with Gasteiger partial charge in [-0.15, -0.1) is 0 Å². The normalized spacial score (nSPS) is 19.2. The number of carbonyl (C=O) groups excluding carboxylic acids is 3. The third-order valence-corrected chi connectivity index (χ3v) is 4.96. The highest BCUT2D eigenvalue weighted by molar-refractivity contribution is 6.35. The van der Waals surface area contributed by atoms with E-state index < -0.39 is 11.8 Å². The van der Waals surface area contributed by atoms with E-state index in [0.717, 1.165) is 25.2 Å². The van der Waals surface area contributed by atoms with Gasteiger partial charge in [0, 0.05) is 64.8 Å². The maximum Gasteiger partial charge on any atom is 0.312 e. The number of pyridine rings is 1. The lowest BCUT2D eigenvalue weighted by Gasteiger charge is -2.37. The number of hydrogen-bond acceptors (Lipinski definition) is 5. The number of nitrogens with zero attached hydrogens (tertiary/aromatic N) is 5. The highest BCUT2D eigenvalue weighted by atomic mass is 16.2. The van der Waals surface area contributed by atoms with E-state index in [1.165, 1.54) is 9.80 Å². The Morgan fingerprint density at radius 3 is 2.38 bits per heavy atom. The van der Waals surface area contributed by atoms with Gasteiger partial charge in [0.05, 0.1) is 0 Å². The molecule has 3 rings (SSSR count). The topological polar surface area (TPSA) is 77.1 Å². The van der Waals surface area contributed by atoms with Gasteiger partial charge in [0.1, 0.15) is 6.54 Å². The standard InChI is InChI=1S/C18H25N5O3/c1-2-21-10-11-23(18(26)17(21)25)14-16(24)22-8-6-20(7-9-22)13-15-4-3-5-19-12-15/h3-5,12H,2,6-11,13-14H2,1H3. The molecular weight excluding hydrogens is 334 g/mol. The van der Waals surface area contributed by atoms with Crippen LogP contribution in [0.4, 0.5) is 0 Å². The zero-order valence-corrected chi connectivity index (χ0v) is 15.1. The maximum absolute atomic E-state index is 12.5. The first-order chi connectivity index (χ1) is 12.6. The molecule has 26 heavy (non-hydrogen) atoms. The molecule has 0 N–H and O–H groups in total. The van der Waals surface area contributed by atoms with Crippen LogP contribution in [0.25, 0.3) is 0 Å². The van der Waals surface area contributed by atoms with Gasteiger partial charge in [-0.25, -0.2) is 0 Å². The van der Waals surface area contributed by atoms with Gasteiger partial charge in [-0.2, -0.15) is 0 Å². The summed E-state index contributed by atoms with van der Waals surface area (Å²) in [7, 11) is 0. The smallest absolute Gasteiger partial charge is 0.312 e. The average Bonchev–Trinajstić information content (AvgIpc) is 2.67. The minimum Gasteiger partial charge on any atom is -0.339 e. The van der Waals surface area contributed by atoms with Crippen molar-refractivity contribution in [3.63, 3.8) is 0 Å². The lowest BCUT2D eigenvalue weighted by Crippen LogP contribution is -2.57. The molecule has 0 spiro atoms. The van der Waals surface area contributed by atoms with Crippen molar-refractivity contribution < 1.29 is 14.4 Å². The van der Waals surface area contributed by atoms with E-state index in [9.17, 15) is 14.4 Å². The molecule has 2 aliphatic rings. The average molecular weight is 359 g/mol. The SMILES string of the molecule is CCN1CCN(CC(=O)N2CCN(Cc3cccnc3)CC2)C(=O)C1=O. The number of rotatable bonds is 5. The fourth-order valence-corrected chi connectivity index (χ4v) is 3.34. The van der Waals surface area contributed by atoms with Crippen LogP contribution in [0, 0.1) is 0 Å². The minimum atomic E-state index is -0.568. The first-order valence-corrected chi connectivity index (χ1v) is 9.05. The van der Waals surface area contributed by atoms with Gasteiger partial charge < -0.3 is 14.7 Å². The molecule has 0 unspecified atom stereocenters. The summed E-state index contributed by atoms with van der Waals surface area (Å²) in [5.74, 6) is -1.16. The molecule has 8 heteroatoms. The fourth-order valence-electron chi connectivity index (χ4n) is 3.34. The van der Waals surface area contributed by atoms with Crippen molar-refractivity contribution in [1.29, 1.82) is 0 Å². The number of aromatic nitrogens is 1. The highest BCUT2D eigenvalue weighted by Crippen LogP contribution is 2.10. The molecule has 0 saturated carbocycles. The number of likely N-dealkylation sites (N-methyl/N-ethyl adjacent to an activating group) is 1. The molecule has 0 aliphatic carbocycles. The van der Waals surface area contributed by atoms with E-state index in [2.05, 4.69) is 9.88 Å². The summed E-state index contributed by atoms with van der Waals surface area (Å²) < 4.78 is 0. The number of carbonyl (C=O) groups is 3. The van der Waals surface area contributed by atoms with Crippen LogP contribution in [0.5, 0.6) is 0 Å². The van der Waals surface area contributed by atoms with E-state index in [0.29, 0.717) is 32.7 Å². The van der Waals surface area contributed by atoms with Crippen LogP contribution in [-0.2, 0) is 20.9 Å². The molecule has 0 radical (unpaired) electrons. The van der Waals surface area contributed by atoms with Crippen molar-refractivity contribution in [2.75, 3.05) is 52.4 Å². The summed E-state index contributed by atoms with van der Waals surface area (Å²) in [5, 5.41) is 0. The van der Waals surface area contributed by atoms with Gasteiger partial charge >= 0.3 is 11.8 Å². The quantitative estimate of drug-likeness (QED) is 0.657. The minimum absolute atomic E-state index is 0.00919. The summed E-state index contributed by atoms with van der Waals surface area (Å²) in [6.45, 7) is 6.94. The number of hydrogen-bond donors (Lipinski definition) is 0. The van der Waals surface area contributed by atoms with E-state index in [1.54, 1.807) is 11.1 Å². The zero-order valence-electron chi connectivity index (χ0n) is 15.1. The monoisotopic (exact) mass is 359 g/mol. The lowest BCUT2D eigenvalue weighted by molar-refractivity contribution is -0.157. The first kappa shape index (κ1) is 18.3. The third-order valence-electron chi connectivity index (χ3n) is 4.96. The van der Waals surface area contributed by atoms with E-state index >= 15 is 0 Å². The Labute approximate surface area is 153 Å². The molecule has 140 valence electrons. The zero-order chi connectivity index (χ0) is 18.5. The Kier molecular flexibility index (Phi) is 5.82. The van der Waals surface area contributed by atoms with Gasteiger partial charge in [-0.3, -0.25) is 24.3 Å². The Morgan fingerprint density at radius 2 is 1.73 bits per heavy atom. The lowest BCUT2D eigenvalue weighted by atomic mass is 10.2. The number of amides is 3. The molecule has 0 aromatic carbocycles. The summed E-state index contributed by atoms with van der Waals surface area (Å²) in [6.07, 6.45) is 3.61. The Balaban J connectivity index is 1.47. The van der Waals surface area contributed by atoms with Crippen LogP contribution >= 0.6 is 0 Å². The van der Waals surface area contributed by atoms with Crippen molar-refractivity contribution in [2.45, 2.75) is 13.5 Å². The summed E-state index contributed by atoms with van der Waals surface area (Å²) >= 11 is 0. The van der Waals surface area contributed by atoms with E-state index in [4.69, 9.17) is 0 Å². The largest absolute Gasteiger partial charge is 0.339 e.